The van der Waals surface area contributed by atoms with Crippen molar-refractivity contribution in [3.05, 3.63) is 0 Å². The first-order valence-corrected chi connectivity index (χ1v) is 5.72. The van der Waals surface area contributed by atoms with Crippen molar-refractivity contribution in [2.75, 3.05) is 13.2 Å². The largest absolute Gasteiger partial charge is 0.326 e. The van der Waals surface area contributed by atoms with E-state index >= 15 is 0 Å². The molecular formula is C4H10BrO2P. The second-order valence-electron chi connectivity index (χ2n) is 1.05. The van der Waals surface area contributed by atoms with Crippen LogP contribution in [0.4, 0.5) is 0 Å². The van der Waals surface area contributed by atoms with E-state index in [1.807, 2.05) is 13.8 Å². The van der Waals surface area contributed by atoms with Crippen LogP contribution >= 0.6 is 22.6 Å². The summed E-state index contributed by atoms with van der Waals surface area (Å²) in [5.74, 6) is 0. The average molecular weight is 201 g/mol. The van der Waals surface area contributed by atoms with Crippen molar-refractivity contribution >= 4 is 22.6 Å². The zero-order valence-corrected chi connectivity index (χ0v) is 7.54. The van der Waals surface area contributed by atoms with Crippen molar-refractivity contribution in [3.8, 4) is 0 Å². The lowest BCUT2D eigenvalue weighted by Gasteiger charge is -2.05. The van der Waals surface area contributed by atoms with Crippen LogP contribution in [0.15, 0.2) is 0 Å². The van der Waals surface area contributed by atoms with E-state index in [0.29, 0.717) is 13.2 Å². The van der Waals surface area contributed by atoms with Crippen LogP contribution in [0.1, 0.15) is 13.8 Å². The van der Waals surface area contributed by atoms with Gasteiger partial charge in [0, 0.05) is 15.5 Å². The Kier molecular flexibility index (Phi) is 6.58. The minimum Gasteiger partial charge on any atom is -0.326 e. The normalized spacial score (nSPS) is 10.5. The highest BCUT2D eigenvalue weighted by atomic mass is 79.9. The lowest BCUT2D eigenvalue weighted by molar-refractivity contribution is 0.284. The van der Waals surface area contributed by atoms with Crippen LogP contribution in [-0.2, 0) is 9.05 Å². The van der Waals surface area contributed by atoms with E-state index in [1.54, 1.807) is 0 Å². The van der Waals surface area contributed by atoms with Gasteiger partial charge in [-0.15, -0.1) is 0 Å². The molecule has 0 rings (SSSR count). The summed E-state index contributed by atoms with van der Waals surface area (Å²) in [4.78, 5) is 0. The summed E-state index contributed by atoms with van der Waals surface area (Å²) in [6, 6.07) is 0. The highest BCUT2D eigenvalue weighted by molar-refractivity contribution is 9.38. The first kappa shape index (κ1) is 8.83. The maximum absolute atomic E-state index is 5.04. The van der Waals surface area contributed by atoms with Crippen LogP contribution in [0.2, 0.25) is 0 Å². The molecule has 0 aliphatic heterocycles. The van der Waals surface area contributed by atoms with E-state index < -0.39 is 7.08 Å². The molecule has 0 radical (unpaired) electrons. The predicted molar refractivity (Wildman–Crippen MR) is 39.1 cm³/mol. The van der Waals surface area contributed by atoms with Gasteiger partial charge in [-0.1, -0.05) is 0 Å². The third-order valence-electron chi connectivity index (χ3n) is 0.461. The predicted octanol–water partition coefficient (Wildman–Crippen LogP) is 2.68. The smallest absolute Gasteiger partial charge is 0.246 e. The topological polar surface area (TPSA) is 18.5 Å². The maximum Gasteiger partial charge on any atom is 0.246 e. The van der Waals surface area contributed by atoms with E-state index in [9.17, 15) is 0 Å². The molecule has 0 unspecified atom stereocenters. The highest BCUT2D eigenvalue weighted by Gasteiger charge is 1.99. The molecule has 0 aliphatic rings. The molecule has 0 N–H and O–H groups in total. The zero-order chi connectivity index (χ0) is 6.41. The molecule has 8 heavy (non-hydrogen) atoms. The molecule has 0 aromatic carbocycles. The van der Waals surface area contributed by atoms with E-state index in [2.05, 4.69) is 15.5 Å². The highest BCUT2D eigenvalue weighted by Crippen LogP contribution is 2.45. The van der Waals surface area contributed by atoms with Crippen molar-refractivity contribution in [3.63, 3.8) is 0 Å². The molecule has 0 fully saturated rings. The van der Waals surface area contributed by atoms with Crippen molar-refractivity contribution in [2.24, 2.45) is 0 Å². The van der Waals surface area contributed by atoms with Crippen molar-refractivity contribution in [2.45, 2.75) is 13.8 Å². The molecule has 50 valence electrons. The molecule has 0 bridgehead atoms. The fourth-order valence-corrected chi connectivity index (χ4v) is 1.95. The molecule has 0 spiro atoms. The molecule has 0 aliphatic carbocycles. The number of halogens is 1. The SMILES string of the molecule is CCOP(Br)OCC. The van der Waals surface area contributed by atoms with Gasteiger partial charge in [0.2, 0.25) is 7.08 Å². The van der Waals surface area contributed by atoms with Gasteiger partial charge in [0.25, 0.3) is 0 Å². The Morgan fingerprint density at radius 1 is 1.25 bits per heavy atom. The Balaban J connectivity index is 2.92. The molecular weight excluding hydrogens is 191 g/mol. The van der Waals surface area contributed by atoms with Gasteiger partial charge in [0.05, 0.1) is 13.2 Å². The van der Waals surface area contributed by atoms with Gasteiger partial charge in [-0.05, 0) is 13.8 Å². The molecule has 2 nitrogen and oxygen atoms in total. The average Bonchev–Trinajstić information content (AvgIpc) is 1.68. The standard InChI is InChI=1S/C4H10BrO2P/c1-3-6-8(5)7-4-2/h3-4H2,1-2H3. The van der Waals surface area contributed by atoms with Gasteiger partial charge in [0.15, 0.2) is 0 Å². The van der Waals surface area contributed by atoms with Crippen LogP contribution in [0, 0.1) is 0 Å². The zero-order valence-electron chi connectivity index (χ0n) is 5.06. The summed E-state index contributed by atoms with van der Waals surface area (Å²) in [6.45, 7) is 5.29. The van der Waals surface area contributed by atoms with Gasteiger partial charge >= 0.3 is 0 Å². The van der Waals surface area contributed by atoms with Crippen LogP contribution < -0.4 is 0 Å². The van der Waals surface area contributed by atoms with Crippen molar-refractivity contribution in [1.82, 2.24) is 0 Å². The summed E-state index contributed by atoms with van der Waals surface area (Å²) in [5, 5.41) is 0. The molecule has 0 saturated carbocycles. The van der Waals surface area contributed by atoms with Crippen molar-refractivity contribution < 1.29 is 9.05 Å². The molecule has 0 heterocycles. The lowest BCUT2D eigenvalue weighted by Crippen LogP contribution is -1.83. The van der Waals surface area contributed by atoms with Crippen LogP contribution in [0.25, 0.3) is 0 Å². The monoisotopic (exact) mass is 200 g/mol. The molecule has 0 aromatic rings. The first-order chi connectivity index (χ1) is 3.81. The quantitative estimate of drug-likeness (QED) is 0.651. The third kappa shape index (κ3) is 4.98. The summed E-state index contributed by atoms with van der Waals surface area (Å²) in [5.41, 5.74) is 0. The molecule has 0 aromatic heterocycles. The Labute approximate surface area is 59.2 Å². The molecule has 4 heteroatoms. The van der Waals surface area contributed by atoms with E-state index in [-0.39, 0.29) is 0 Å². The number of hydrogen-bond donors (Lipinski definition) is 0. The van der Waals surface area contributed by atoms with Gasteiger partial charge in [-0.3, -0.25) is 0 Å². The summed E-state index contributed by atoms with van der Waals surface area (Å²) in [7, 11) is -0.768. The minimum absolute atomic E-state index is 0.705. The second kappa shape index (κ2) is 5.96. The second-order valence-corrected chi connectivity index (χ2v) is 3.73. The van der Waals surface area contributed by atoms with E-state index in [4.69, 9.17) is 9.05 Å². The molecule has 0 atom stereocenters. The summed E-state index contributed by atoms with van der Waals surface area (Å²) in [6.07, 6.45) is 0. The van der Waals surface area contributed by atoms with E-state index in [0.717, 1.165) is 0 Å². The summed E-state index contributed by atoms with van der Waals surface area (Å²) < 4.78 is 10.1. The first-order valence-electron chi connectivity index (χ1n) is 2.53. The van der Waals surface area contributed by atoms with Crippen LogP contribution in [-0.4, -0.2) is 13.2 Å². The lowest BCUT2D eigenvalue weighted by atomic mass is 10.9. The molecule has 0 amide bonds. The maximum atomic E-state index is 5.04. The number of hydrogen-bond acceptors (Lipinski definition) is 2. The van der Waals surface area contributed by atoms with Crippen molar-refractivity contribution in [1.29, 1.82) is 0 Å². The Bertz CT molecular complexity index is 47.3. The van der Waals surface area contributed by atoms with Crippen LogP contribution in [0.3, 0.4) is 0 Å². The van der Waals surface area contributed by atoms with Crippen LogP contribution in [0.5, 0.6) is 0 Å². The summed E-state index contributed by atoms with van der Waals surface area (Å²) >= 11 is 3.22. The van der Waals surface area contributed by atoms with Gasteiger partial charge < -0.3 is 9.05 Å². The fraction of sp³-hybridized carbons (Fsp3) is 1.00. The minimum atomic E-state index is -0.768. The Morgan fingerprint density at radius 3 is 1.88 bits per heavy atom. The molecule has 0 saturated heterocycles. The van der Waals surface area contributed by atoms with Gasteiger partial charge in [-0.25, -0.2) is 0 Å². The third-order valence-corrected chi connectivity index (χ3v) is 2.61. The van der Waals surface area contributed by atoms with E-state index in [1.165, 1.54) is 0 Å². The van der Waals surface area contributed by atoms with Gasteiger partial charge in [0.1, 0.15) is 0 Å². The Hall–Kier alpha value is 0.830. The Morgan fingerprint density at radius 2 is 1.62 bits per heavy atom. The fourth-order valence-electron chi connectivity index (χ4n) is 0.240. The number of rotatable bonds is 4. The van der Waals surface area contributed by atoms with Gasteiger partial charge in [-0.2, -0.15) is 0 Å².